The number of sulfone groups is 1. The Hall–Kier alpha value is -3.01. The number of anilines is 2. The molecule has 1 N–H and O–H groups in total. The number of nitrogens with one attached hydrogen (secondary N) is 1. The minimum Gasteiger partial charge on any atom is -0.435 e. The largest absolute Gasteiger partial charge is 0.435 e. The summed E-state index contributed by atoms with van der Waals surface area (Å²) < 4.78 is 53.4. The molecule has 0 saturated carbocycles. The zero-order valence-corrected chi connectivity index (χ0v) is 19.2. The number of hydrogen-bond donors (Lipinski definition) is 1. The van der Waals surface area contributed by atoms with Crippen LogP contribution in [0.3, 0.4) is 0 Å². The van der Waals surface area contributed by atoms with Gasteiger partial charge in [-0.1, -0.05) is 13.0 Å². The second-order valence-electron chi connectivity index (χ2n) is 9.01. The Morgan fingerprint density at radius 1 is 1.18 bits per heavy atom. The van der Waals surface area contributed by atoms with Crippen LogP contribution in [-0.4, -0.2) is 44.4 Å². The zero-order chi connectivity index (χ0) is 24.1. The summed E-state index contributed by atoms with van der Waals surface area (Å²) in [6, 6.07) is 10.2. The van der Waals surface area contributed by atoms with E-state index in [1.807, 2.05) is 0 Å². The predicted octanol–water partition coefficient (Wildman–Crippen LogP) is 3.41. The van der Waals surface area contributed by atoms with Crippen LogP contribution in [0.15, 0.2) is 42.5 Å². The van der Waals surface area contributed by atoms with Crippen molar-refractivity contribution in [3.63, 3.8) is 0 Å². The quantitative estimate of drug-likeness (QED) is 0.711. The number of hydrogen-bond acceptors (Lipinski definition) is 5. The van der Waals surface area contributed by atoms with Crippen molar-refractivity contribution in [2.75, 3.05) is 16.4 Å². The van der Waals surface area contributed by atoms with E-state index in [0.29, 0.717) is 22.5 Å². The van der Waals surface area contributed by atoms with Crippen molar-refractivity contribution in [1.29, 1.82) is 0 Å². The van der Waals surface area contributed by atoms with Gasteiger partial charge in [0.1, 0.15) is 5.75 Å². The lowest BCUT2D eigenvalue weighted by molar-refractivity contribution is -0.121. The molecule has 2 aliphatic rings. The fourth-order valence-corrected chi connectivity index (χ4v) is 6.52. The van der Waals surface area contributed by atoms with E-state index in [2.05, 4.69) is 10.1 Å². The van der Waals surface area contributed by atoms with E-state index in [4.69, 9.17) is 0 Å². The van der Waals surface area contributed by atoms with Gasteiger partial charge in [-0.25, -0.2) is 8.42 Å². The number of nitrogens with zero attached hydrogens (tertiary/aromatic N) is 1. The molecule has 2 aliphatic heterocycles. The highest BCUT2D eigenvalue weighted by Gasteiger charge is 2.45. The summed E-state index contributed by atoms with van der Waals surface area (Å²) in [6.07, 6.45) is 0. The van der Waals surface area contributed by atoms with Gasteiger partial charge >= 0.3 is 6.61 Å². The van der Waals surface area contributed by atoms with Gasteiger partial charge in [0.15, 0.2) is 9.84 Å². The molecule has 0 unspecified atom stereocenters. The minimum absolute atomic E-state index is 0.0347. The average molecular weight is 479 g/mol. The molecular formula is C23H24F2N2O5S. The van der Waals surface area contributed by atoms with Gasteiger partial charge in [0.2, 0.25) is 5.91 Å². The summed E-state index contributed by atoms with van der Waals surface area (Å²) in [6.45, 7) is 2.24. The number of alkyl halides is 2. The summed E-state index contributed by atoms with van der Waals surface area (Å²) >= 11 is 0. The Morgan fingerprint density at radius 2 is 1.91 bits per heavy atom. The lowest BCUT2D eigenvalue weighted by Crippen LogP contribution is -2.39. The number of amides is 2. The molecular weight excluding hydrogens is 454 g/mol. The summed E-state index contributed by atoms with van der Waals surface area (Å²) in [5.41, 5.74) is 0.838. The maximum atomic E-state index is 13.3. The van der Waals surface area contributed by atoms with Gasteiger partial charge in [0, 0.05) is 17.7 Å². The summed E-state index contributed by atoms with van der Waals surface area (Å²) in [5, 5.41) is 2.79. The first kappa shape index (κ1) is 23.2. The molecule has 2 aromatic carbocycles. The average Bonchev–Trinajstić information content (AvgIpc) is 3.09. The van der Waals surface area contributed by atoms with E-state index < -0.39 is 33.8 Å². The van der Waals surface area contributed by atoms with Crippen molar-refractivity contribution >= 4 is 33.0 Å². The minimum atomic E-state index is -3.18. The topological polar surface area (TPSA) is 92.8 Å². The first-order valence-electron chi connectivity index (χ1n) is 10.4. The third-order valence-electron chi connectivity index (χ3n) is 6.17. The van der Waals surface area contributed by atoms with E-state index in [0.717, 1.165) is 0 Å². The monoisotopic (exact) mass is 478 g/mol. The molecule has 1 saturated heterocycles. The Labute approximate surface area is 190 Å². The van der Waals surface area contributed by atoms with Gasteiger partial charge in [-0.2, -0.15) is 8.78 Å². The molecule has 2 atom stereocenters. The first-order chi connectivity index (χ1) is 15.4. The molecule has 2 amide bonds. The number of carbonyl (C=O) groups excluding carboxylic acids is 2. The van der Waals surface area contributed by atoms with Crippen LogP contribution in [0, 0.1) is 5.92 Å². The second kappa shape index (κ2) is 8.09. The number of ether oxygens (including phenoxy) is 1. The fourth-order valence-electron chi connectivity index (χ4n) is 4.39. The number of benzene rings is 2. The lowest BCUT2D eigenvalue weighted by Gasteiger charge is -2.21. The predicted molar refractivity (Wildman–Crippen MR) is 119 cm³/mol. The molecule has 176 valence electrons. The van der Waals surface area contributed by atoms with Gasteiger partial charge < -0.3 is 10.1 Å². The molecule has 0 aliphatic carbocycles. The van der Waals surface area contributed by atoms with Crippen LogP contribution in [0.4, 0.5) is 20.2 Å². The second-order valence-corrected chi connectivity index (χ2v) is 11.2. The van der Waals surface area contributed by atoms with Crippen molar-refractivity contribution in [2.45, 2.75) is 38.8 Å². The van der Waals surface area contributed by atoms with E-state index in [1.165, 1.54) is 23.1 Å². The molecule has 10 heteroatoms. The zero-order valence-electron chi connectivity index (χ0n) is 18.3. The van der Waals surface area contributed by atoms with Crippen LogP contribution >= 0.6 is 0 Å². The Morgan fingerprint density at radius 3 is 2.55 bits per heavy atom. The van der Waals surface area contributed by atoms with Crippen molar-refractivity contribution in [1.82, 2.24) is 5.32 Å². The molecule has 0 spiro atoms. The molecule has 0 radical (unpaired) electrons. The van der Waals surface area contributed by atoms with Crippen molar-refractivity contribution in [3.05, 3.63) is 53.6 Å². The summed E-state index contributed by atoms with van der Waals surface area (Å²) in [7, 11) is -3.18. The molecule has 2 heterocycles. The van der Waals surface area contributed by atoms with E-state index in [9.17, 15) is 26.8 Å². The van der Waals surface area contributed by atoms with Crippen LogP contribution < -0.4 is 15.0 Å². The SMILES string of the molecule is C[C@H]1CS(=O)(=O)C[C@@H]1NC(=O)c1ccc2c(c1)C(C)(C)C(=O)N2c1cccc(OC(F)F)c1. The Kier molecular flexibility index (Phi) is 5.68. The number of fused-ring (bicyclic) bond motifs is 1. The number of halogens is 2. The lowest BCUT2D eigenvalue weighted by atomic mass is 9.85. The van der Waals surface area contributed by atoms with Crippen LogP contribution in [0.2, 0.25) is 0 Å². The molecule has 7 nitrogen and oxygen atoms in total. The maximum Gasteiger partial charge on any atom is 0.387 e. The van der Waals surface area contributed by atoms with Gasteiger partial charge in [-0.15, -0.1) is 0 Å². The fraction of sp³-hybridized carbons (Fsp3) is 0.391. The van der Waals surface area contributed by atoms with Crippen molar-refractivity contribution in [3.8, 4) is 5.75 Å². The van der Waals surface area contributed by atoms with E-state index in [1.54, 1.807) is 45.0 Å². The highest BCUT2D eigenvalue weighted by Crippen LogP contribution is 2.46. The van der Waals surface area contributed by atoms with Gasteiger partial charge in [-0.05, 0) is 55.7 Å². The smallest absolute Gasteiger partial charge is 0.387 e. The summed E-state index contributed by atoms with van der Waals surface area (Å²) in [5.74, 6) is -1.02. The normalized spacial score (nSPS) is 23.0. The number of rotatable bonds is 5. The number of carbonyl (C=O) groups is 2. The van der Waals surface area contributed by atoms with Crippen LogP contribution in [0.5, 0.6) is 5.75 Å². The van der Waals surface area contributed by atoms with Crippen molar-refractivity contribution < 1.29 is 31.5 Å². The first-order valence-corrected chi connectivity index (χ1v) is 12.3. The van der Waals surface area contributed by atoms with Crippen molar-refractivity contribution in [2.24, 2.45) is 5.92 Å². The maximum absolute atomic E-state index is 13.3. The van der Waals surface area contributed by atoms with E-state index in [-0.39, 0.29) is 29.1 Å². The third-order valence-corrected chi connectivity index (χ3v) is 8.07. The van der Waals surface area contributed by atoms with Crippen LogP contribution in [0.25, 0.3) is 0 Å². The standard InChI is InChI=1S/C23H24F2N2O5S/c1-13-11-33(30,31)12-18(13)26-20(28)14-7-8-19-17(9-14)23(2,3)21(29)27(19)15-5-4-6-16(10-15)32-22(24)25/h4-10,13,18,22H,11-12H2,1-3H3,(H,26,28)/t13-,18-/m0/s1. The highest BCUT2D eigenvalue weighted by atomic mass is 32.2. The van der Waals surface area contributed by atoms with E-state index >= 15 is 0 Å². The molecule has 2 aromatic rings. The van der Waals surface area contributed by atoms with Gasteiger partial charge in [-0.3, -0.25) is 14.5 Å². The van der Waals surface area contributed by atoms with Gasteiger partial charge in [0.25, 0.3) is 5.91 Å². The van der Waals surface area contributed by atoms with Crippen LogP contribution in [-0.2, 0) is 20.0 Å². The molecule has 33 heavy (non-hydrogen) atoms. The summed E-state index contributed by atoms with van der Waals surface area (Å²) in [4.78, 5) is 27.5. The molecule has 4 rings (SSSR count). The Bertz CT molecular complexity index is 1230. The van der Waals surface area contributed by atoms with Crippen LogP contribution in [0.1, 0.15) is 36.7 Å². The molecule has 0 aromatic heterocycles. The molecule has 0 bridgehead atoms. The van der Waals surface area contributed by atoms with Gasteiger partial charge in [0.05, 0.1) is 28.3 Å². The third kappa shape index (κ3) is 4.31. The highest BCUT2D eigenvalue weighted by molar-refractivity contribution is 7.91. The Balaban J connectivity index is 1.65. The molecule has 1 fully saturated rings.